The molecule has 0 aliphatic carbocycles. The monoisotopic (exact) mass is 262 g/mol. The van der Waals surface area contributed by atoms with Crippen molar-refractivity contribution in [3.63, 3.8) is 0 Å². The van der Waals surface area contributed by atoms with Crippen LogP contribution in [-0.2, 0) is 0 Å². The lowest BCUT2D eigenvalue weighted by molar-refractivity contribution is 0.324. The zero-order valence-corrected chi connectivity index (χ0v) is 11.0. The Morgan fingerprint density at radius 1 is 1.11 bits per heavy atom. The zero-order chi connectivity index (χ0) is 12.8. The van der Waals surface area contributed by atoms with Gasteiger partial charge >= 0.3 is 0 Å². The van der Waals surface area contributed by atoms with Gasteiger partial charge in [-0.25, -0.2) is 4.39 Å². The SMILES string of the molecule is Cc1ccc(F)c(OCCSc2ccccc2)c1. The summed E-state index contributed by atoms with van der Waals surface area (Å²) in [4.78, 5) is 1.20. The minimum absolute atomic E-state index is 0.301. The lowest BCUT2D eigenvalue weighted by atomic mass is 10.2. The Morgan fingerprint density at radius 2 is 1.89 bits per heavy atom. The predicted octanol–water partition coefficient (Wildman–Crippen LogP) is 4.31. The van der Waals surface area contributed by atoms with E-state index in [4.69, 9.17) is 4.74 Å². The predicted molar refractivity (Wildman–Crippen MR) is 73.8 cm³/mol. The van der Waals surface area contributed by atoms with Crippen molar-refractivity contribution in [3.8, 4) is 5.75 Å². The van der Waals surface area contributed by atoms with Crippen LogP contribution in [-0.4, -0.2) is 12.4 Å². The maximum atomic E-state index is 13.4. The Balaban J connectivity index is 1.80. The van der Waals surface area contributed by atoms with Crippen molar-refractivity contribution in [2.75, 3.05) is 12.4 Å². The number of aryl methyl sites for hydroxylation is 1. The summed E-state index contributed by atoms with van der Waals surface area (Å²) in [6.45, 7) is 2.42. The van der Waals surface area contributed by atoms with Gasteiger partial charge in [0.1, 0.15) is 0 Å². The highest BCUT2D eigenvalue weighted by Crippen LogP contribution is 2.20. The molecule has 0 bridgehead atoms. The van der Waals surface area contributed by atoms with Crippen LogP contribution in [0.1, 0.15) is 5.56 Å². The van der Waals surface area contributed by atoms with E-state index in [-0.39, 0.29) is 5.82 Å². The van der Waals surface area contributed by atoms with Gasteiger partial charge in [0.2, 0.25) is 0 Å². The Morgan fingerprint density at radius 3 is 2.67 bits per heavy atom. The molecule has 0 amide bonds. The van der Waals surface area contributed by atoms with Crippen molar-refractivity contribution < 1.29 is 9.13 Å². The van der Waals surface area contributed by atoms with E-state index in [0.29, 0.717) is 12.4 Å². The molecule has 2 aromatic carbocycles. The van der Waals surface area contributed by atoms with Crippen molar-refractivity contribution in [2.24, 2.45) is 0 Å². The number of ether oxygens (including phenoxy) is 1. The third kappa shape index (κ3) is 3.77. The van der Waals surface area contributed by atoms with Crippen molar-refractivity contribution >= 4 is 11.8 Å². The number of benzene rings is 2. The summed E-state index contributed by atoms with van der Waals surface area (Å²) in [6, 6.07) is 15.0. The summed E-state index contributed by atoms with van der Waals surface area (Å²) in [7, 11) is 0. The quantitative estimate of drug-likeness (QED) is 0.586. The first-order chi connectivity index (χ1) is 8.75. The van der Waals surface area contributed by atoms with Gasteiger partial charge in [0.15, 0.2) is 11.6 Å². The van der Waals surface area contributed by atoms with Gasteiger partial charge in [0, 0.05) is 10.6 Å². The fourth-order valence-corrected chi connectivity index (χ4v) is 2.30. The number of hydrogen-bond donors (Lipinski definition) is 0. The van der Waals surface area contributed by atoms with Gasteiger partial charge in [0.05, 0.1) is 6.61 Å². The third-order valence-electron chi connectivity index (χ3n) is 2.44. The summed E-state index contributed by atoms with van der Waals surface area (Å²) in [5.41, 5.74) is 1.00. The van der Waals surface area contributed by atoms with Crippen LogP contribution in [0.4, 0.5) is 4.39 Å². The molecule has 0 unspecified atom stereocenters. The summed E-state index contributed by atoms with van der Waals surface area (Å²) in [5, 5.41) is 0. The van der Waals surface area contributed by atoms with Crippen LogP contribution in [0.15, 0.2) is 53.4 Å². The summed E-state index contributed by atoms with van der Waals surface area (Å²) < 4.78 is 18.8. The number of halogens is 1. The van der Waals surface area contributed by atoms with E-state index in [1.54, 1.807) is 23.9 Å². The fraction of sp³-hybridized carbons (Fsp3) is 0.200. The first-order valence-corrected chi connectivity index (χ1v) is 6.81. The minimum atomic E-state index is -0.301. The Bertz CT molecular complexity index is 499. The van der Waals surface area contributed by atoms with Gasteiger partial charge in [-0.1, -0.05) is 24.3 Å². The van der Waals surface area contributed by atoms with E-state index < -0.39 is 0 Å². The van der Waals surface area contributed by atoms with Crippen molar-refractivity contribution in [3.05, 3.63) is 59.9 Å². The molecular formula is C15H15FOS. The molecule has 0 radical (unpaired) electrons. The maximum absolute atomic E-state index is 13.4. The summed E-state index contributed by atoms with van der Waals surface area (Å²) in [5.74, 6) is 0.839. The molecule has 2 aromatic rings. The maximum Gasteiger partial charge on any atom is 0.165 e. The molecule has 0 atom stereocenters. The fourth-order valence-electron chi connectivity index (χ4n) is 1.55. The average molecular weight is 262 g/mol. The summed E-state index contributed by atoms with van der Waals surface area (Å²) >= 11 is 1.70. The molecule has 0 saturated carbocycles. The van der Waals surface area contributed by atoms with E-state index in [9.17, 15) is 4.39 Å². The van der Waals surface area contributed by atoms with E-state index >= 15 is 0 Å². The second-order valence-electron chi connectivity index (χ2n) is 3.94. The molecule has 3 heteroatoms. The number of thioether (sulfide) groups is 1. The van der Waals surface area contributed by atoms with Crippen LogP contribution >= 0.6 is 11.8 Å². The van der Waals surface area contributed by atoms with E-state index in [1.807, 2.05) is 25.1 Å². The Kier molecular flexibility index (Phi) is 4.65. The van der Waals surface area contributed by atoms with Gasteiger partial charge in [-0.3, -0.25) is 0 Å². The highest BCUT2D eigenvalue weighted by molar-refractivity contribution is 7.99. The Hall–Kier alpha value is -1.48. The van der Waals surface area contributed by atoms with Crippen molar-refractivity contribution in [2.45, 2.75) is 11.8 Å². The van der Waals surface area contributed by atoms with Crippen molar-refractivity contribution in [1.82, 2.24) is 0 Å². The van der Waals surface area contributed by atoms with Gasteiger partial charge in [-0.2, -0.15) is 0 Å². The average Bonchev–Trinajstić information content (AvgIpc) is 2.40. The first kappa shape index (κ1) is 13.0. The molecule has 0 N–H and O–H groups in total. The topological polar surface area (TPSA) is 9.23 Å². The molecule has 0 spiro atoms. The Labute approximate surface area is 111 Å². The number of hydrogen-bond acceptors (Lipinski definition) is 2. The largest absolute Gasteiger partial charge is 0.490 e. The lowest BCUT2D eigenvalue weighted by Gasteiger charge is -2.07. The molecule has 18 heavy (non-hydrogen) atoms. The highest BCUT2D eigenvalue weighted by atomic mass is 32.2. The molecule has 2 rings (SSSR count). The van der Waals surface area contributed by atoms with Crippen LogP contribution < -0.4 is 4.74 Å². The zero-order valence-electron chi connectivity index (χ0n) is 10.2. The van der Waals surface area contributed by atoms with Gasteiger partial charge in [0.25, 0.3) is 0 Å². The van der Waals surface area contributed by atoms with Crippen LogP contribution in [0, 0.1) is 12.7 Å². The van der Waals surface area contributed by atoms with E-state index in [0.717, 1.165) is 11.3 Å². The minimum Gasteiger partial charge on any atom is -0.490 e. The molecule has 94 valence electrons. The molecule has 0 aliphatic rings. The van der Waals surface area contributed by atoms with Gasteiger partial charge in [-0.15, -0.1) is 11.8 Å². The highest BCUT2D eigenvalue weighted by Gasteiger charge is 2.03. The van der Waals surface area contributed by atoms with Crippen LogP contribution in [0.2, 0.25) is 0 Å². The smallest absolute Gasteiger partial charge is 0.165 e. The van der Waals surface area contributed by atoms with Crippen LogP contribution in [0.3, 0.4) is 0 Å². The lowest BCUT2D eigenvalue weighted by Crippen LogP contribution is -2.01. The second kappa shape index (κ2) is 6.45. The van der Waals surface area contributed by atoms with Gasteiger partial charge < -0.3 is 4.74 Å². The molecule has 0 fully saturated rings. The molecule has 1 nitrogen and oxygen atoms in total. The molecule has 0 heterocycles. The molecular weight excluding hydrogens is 247 g/mol. The van der Waals surface area contributed by atoms with Crippen molar-refractivity contribution in [1.29, 1.82) is 0 Å². The molecule has 0 aliphatic heterocycles. The van der Waals surface area contributed by atoms with E-state index in [2.05, 4.69) is 12.1 Å². The standard InChI is InChI=1S/C15H15FOS/c1-12-7-8-14(16)15(11-12)17-9-10-18-13-5-3-2-4-6-13/h2-8,11H,9-10H2,1H3. The molecule has 0 aromatic heterocycles. The van der Waals surface area contributed by atoms with Crippen LogP contribution in [0.5, 0.6) is 5.75 Å². The third-order valence-corrected chi connectivity index (χ3v) is 3.42. The second-order valence-corrected chi connectivity index (χ2v) is 5.11. The molecule has 0 saturated heterocycles. The van der Waals surface area contributed by atoms with E-state index in [1.165, 1.54) is 11.0 Å². The first-order valence-electron chi connectivity index (χ1n) is 5.82. The number of rotatable bonds is 5. The van der Waals surface area contributed by atoms with Crippen LogP contribution in [0.25, 0.3) is 0 Å². The normalized spacial score (nSPS) is 10.3. The van der Waals surface area contributed by atoms with Gasteiger partial charge in [-0.05, 0) is 36.8 Å². The summed E-state index contributed by atoms with van der Waals surface area (Å²) in [6.07, 6.45) is 0.